The van der Waals surface area contributed by atoms with Gasteiger partial charge in [0.1, 0.15) is 16.9 Å². The highest BCUT2D eigenvalue weighted by Crippen LogP contribution is 2.54. The number of nitrogens with zero attached hydrogens (tertiary/aromatic N) is 3. The molecule has 0 amide bonds. The molecular weight excluding hydrogens is 647 g/mol. The smallest absolute Gasteiger partial charge is 0.165 e. The summed E-state index contributed by atoms with van der Waals surface area (Å²) in [5.74, 6) is 0.832. The molecule has 2 aliphatic carbocycles. The van der Waals surface area contributed by atoms with E-state index in [2.05, 4.69) is 158 Å². The maximum absolute atomic E-state index is 6.60. The van der Waals surface area contributed by atoms with E-state index in [0.717, 1.165) is 61.1 Å². The van der Waals surface area contributed by atoms with Crippen LogP contribution in [0.25, 0.3) is 116 Å². The van der Waals surface area contributed by atoms with Crippen molar-refractivity contribution in [3.63, 3.8) is 0 Å². The van der Waals surface area contributed by atoms with Crippen molar-refractivity contribution in [3.8, 4) is 39.3 Å². The van der Waals surface area contributed by atoms with Gasteiger partial charge in [0.15, 0.2) is 5.82 Å². The van der Waals surface area contributed by atoms with Crippen LogP contribution >= 0.6 is 0 Å². The van der Waals surface area contributed by atoms with E-state index in [1.54, 1.807) is 0 Å². The van der Waals surface area contributed by atoms with Crippen LogP contribution in [0.2, 0.25) is 0 Å². The van der Waals surface area contributed by atoms with Crippen LogP contribution in [-0.4, -0.2) is 14.5 Å². The first-order valence-electron chi connectivity index (χ1n) is 18.3. The molecule has 3 aromatic heterocycles. The molecule has 0 aliphatic heterocycles. The van der Waals surface area contributed by atoms with E-state index < -0.39 is 0 Å². The summed E-state index contributed by atoms with van der Waals surface area (Å²) in [6, 6.07) is 50.5. The Morgan fingerprint density at radius 1 is 0.491 bits per heavy atom. The molecule has 0 atom stereocenters. The highest BCUT2D eigenvalue weighted by molar-refractivity contribution is 6.38. The van der Waals surface area contributed by atoms with Gasteiger partial charge in [-0.3, -0.25) is 4.57 Å². The third-order valence-electron chi connectivity index (χ3n) is 12.3. The summed E-state index contributed by atoms with van der Waals surface area (Å²) in [6.45, 7) is 4.70. The molecule has 8 aromatic carbocycles. The second kappa shape index (κ2) is 9.36. The molecule has 3 heterocycles. The van der Waals surface area contributed by atoms with Crippen LogP contribution in [0.5, 0.6) is 0 Å². The number of fused-ring (bicyclic) bond motifs is 7. The second-order valence-corrected chi connectivity index (χ2v) is 15.3. The third-order valence-corrected chi connectivity index (χ3v) is 12.3. The molecule has 0 fully saturated rings. The fourth-order valence-electron chi connectivity index (χ4n) is 10.1. The molecule has 0 unspecified atom stereocenters. The van der Waals surface area contributed by atoms with Gasteiger partial charge < -0.3 is 4.42 Å². The second-order valence-electron chi connectivity index (χ2n) is 15.3. The lowest BCUT2D eigenvalue weighted by atomic mass is 9.79. The zero-order valence-corrected chi connectivity index (χ0v) is 29.0. The summed E-state index contributed by atoms with van der Waals surface area (Å²) in [5.41, 5.74) is 15.2. The average molecular weight is 676 g/mol. The van der Waals surface area contributed by atoms with Crippen molar-refractivity contribution < 1.29 is 4.42 Å². The molecular formula is C49H29N3O. The molecule has 0 spiro atoms. The van der Waals surface area contributed by atoms with Gasteiger partial charge in [-0.05, 0) is 79.9 Å². The maximum Gasteiger partial charge on any atom is 0.165 e. The molecule has 0 bridgehead atoms. The third kappa shape index (κ3) is 3.29. The van der Waals surface area contributed by atoms with Gasteiger partial charge in [-0.2, -0.15) is 0 Å². The van der Waals surface area contributed by atoms with Crippen LogP contribution < -0.4 is 0 Å². The first kappa shape index (κ1) is 27.9. The first-order chi connectivity index (χ1) is 26.1. The van der Waals surface area contributed by atoms with Crippen LogP contribution in [-0.2, 0) is 5.41 Å². The minimum absolute atomic E-state index is 0.231. The molecule has 246 valence electrons. The molecule has 11 aromatic rings. The van der Waals surface area contributed by atoms with E-state index in [0.29, 0.717) is 0 Å². The monoisotopic (exact) mass is 675 g/mol. The Balaban J connectivity index is 1.25. The number of hydrogen-bond acceptors (Lipinski definition) is 3. The van der Waals surface area contributed by atoms with Crippen LogP contribution in [0.4, 0.5) is 0 Å². The van der Waals surface area contributed by atoms with Crippen molar-refractivity contribution in [3.05, 3.63) is 151 Å². The van der Waals surface area contributed by atoms with E-state index in [1.165, 1.54) is 65.7 Å². The van der Waals surface area contributed by atoms with Gasteiger partial charge in [0, 0.05) is 37.9 Å². The van der Waals surface area contributed by atoms with Gasteiger partial charge in [0.2, 0.25) is 0 Å². The zero-order chi connectivity index (χ0) is 34.7. The highest BCUT2D eigenvalue weighted by Gasteiger charge is 2.38. The van der Waals surface area contributed by atoms with E-state index in [4.69, 9.17) is 14.4 Å². The fourth-order valence-corrected chi connectivity index (χ4v) is 10.1. The van der Waals surface area contributed by atoms with Gasteiger partial charge in [-0.15, -0.1) is 0 Å². The lowest BCUT2D eigenvalue weighted by molar-refractivity contribution is 0.661. The molecule has 0 saturated carbocycles. The zero-order valence-electron chi connectivity index (χ0n) is 29.0. The Morgan fingerprint density at radius 3 is 2.08 bits per heavy atom. The number of benzene rings is 8. The Morgan fingerprint density at radius 2 is 1.15 bits per heavy atom. The van der Waals surface area contributed by atoms with Gasteiger partial charge >= 0.3 is 0 Å². The molecule has 4 heteroatoms. The standard InChI is InChI=1S/C49H29N3O/c1-49(2)34-18-6-5-13-29(34)32-16-8-17-33(45(32)49)47-48(51-46-28-12-4-3-10-26(28)20-22-35(46)50-47)52-36-23-21-27-11-7-14-30-31-15-9-19-38-41(31)44-39(53-38)25-24-37(52)43(44)42(36)40(27)30/h3-25H,1-2H3. The fraction of sp³-hybridized carbons (Fsp3) is 0.0612. The number of aromatic nitrogens is 3. The summed E-state index contributed by atoms with van der Waals surface area (Å²) in [4.78, 5) is 11.4. The van der Waals surface area contributed by atoms with Crippen LogP contribution in [0.1, 0.15) is 25.0 Å². The van der Waals surface area contributed by atoms with E-state index in [1.807, 2.05) is 0 Å². The molecule has 0 saturated heterocycles. The minimum atomic E-state index is -0.231. The van der Waals surface area contributed by atoms with E-state index in [9.17, 15) is 0 Å². The lowest BCUT2D eigenvalue weighted by Gasteiger charge is -2.25. The Hall–Kier alpha value is -6.78. The predicted molar refractivity (Wildman–Crippen MR) is 218 cm³/mol. The summed E-state index contributed by atoms with van der Waals surface area (Å²) in [7, 11) is 0. The average Bonchev–Trinajstić information content (AvgIpc) is 3.79. The van der Waals surface area contributed by atoms with E-state index >= 15 is 0 Å². The quantitative estimate of drug-likeness (QED) is 0.171. The number of hydrogen-bond donors (Lipinski definition) is 0. The SMILES string of the molecule is CC1(C)c2ccccc2-c2cccc(-c3nc4ccc5ccccc5c4nc3-n3c4ccc5cccc6c5c4c4c5c(ccc43)oc3cccc-6c35)c21. The summed E-state index contributed by atoms with van der Waals surface area (Å²) >= 11 is 0. The Bertz CT molecular complexity index is 3490. The predicted octanol–water partition coefficient (Wildman–Crippen LogP) is 12.9. The Labute approximate surface area is 303 Å². The molecule has 4 nitrogen and oxygen atoms in total. The van der Waals surface area contributed by atoms with Gasteiger partial charge in [0.25, 0.3) is 0 Å². The molecule has 53 heavy (non-hydrogen) atoms. The minimum Gasteiger partial charge on any atom is -0.456 e. The van der Waals surface area contributed by atoms with Crippen LogP contribution in [0.15, 0.2) is 144 Å². The number of furan rings is 1. The van der Waals surface area contributed by atoms with Crippen molar-refractivity contribution >= 4 is 76.3 Å². The lowest BCUT2D eigenvalue weighted by Crippen LogP contribution is -2.17. The summed E-state index contributed by atoms with van der Waals surface area (Å²) < 4.78 is 8.99. The Kier molecular flexibility index (Phi) is 4.92. The van der Waals surface area contributed by atoms with Crippen molar-refractivity contribution in [2.75, 3.05) is 0 Å². The summed E-state index contributed by atoms with van der Waals surface area (Å²) in [6.07, 6.45) is 0. The van der Waals surface area contributed by atoms with Crippen molar-refractivity contribution in [1.82, 2.24) is 14.5 Å². The van der Waals surface area contributed by atoms with Crippen LogP contribution in [0.3, 0.4) is 0 Å². The normalized spacial score (nSPS) is 14.0. The van der Waals surface area contributed by atoms with Crippen molar-refractivity contribution in [1.29, 1.82) is 0 Å². The molecule has 2 aliphatic rings. The topological polar surface area (TPSA) is 43.9 Å². The molecule has 13 rings (SSSR count). The maximum atomic E-state index is 6.60. The van der Waals surface area contributed by atoms with Gasteiger partial charge in [0.05, 0.1) is 22.1 Å². The van der Waals surface area contributed by atoms with Crippen molar-refractivity contribution in [2.45, 2.75) is 19.3 Å². The highest BCUT2D eigenvalue weighted by atomic mass is 16.3. The van der Waals surface area contributed by atoms with Gasteiger partial charge in [-0.25, -0.2) is 9.97 Å². The summed E-state index contributed by atoms with van der Waals surface area (Å²) in [5, 5.41) is 9.51. The van der Waals surface area contributed by atoms with Crippen molar-refractivity contribution in [2.24, 2.45) is 0 Å². The first-order valence-corrected chi connectivity index (χ1v) is 18.3. The van der Waals surface area contributed by atoms with Gasteiger partial charge in [-0.1, -0.05) is 123 Å². The molecule has 0 N–H and O–H groups in total. The van der Waals surface area contributed by atoms with E-state index in [-0.39, 0.29) is 5.41 Å². The largest absolute Gasteiger partial charge is 0.456 e. The number of rotatable bonds is 2. The van der Waals surface area contributed by atoms with Crippen LogP contribution in [0, 0.1) is 0 Å². The molecule has 0 radical (unpaired) electrons.